The predicted molar refractivity (Wildman–Crippen MR) is 72.9 cm³/mol. The van der Waals surface area contributed by atoms with E-state index in [4.69, 9.17) is 0 Å². The van der Waals surface area contributed by atoms with Gasteiger partial charge in [-0.15, -0.1) is 0 Å². The third-order valence-electron chi connectivity index (χ3n) is 4.38. The maximum Gasteiger partial charge on any atom is -0.0220 e. The first-order chi connectivity index (χ1) is 7.15. The van der Waals surface area contributed by atoms with Gasteiger partial charge in [-0.1, -0.05) is 52.8 Å². The Hall–Kier alpha value is -0.780. The lowest BCUT2D eigenvalue weighted by atomic mass is 9.66. The van der Waals surface area contributed by atoms with Crippen LogP contribution in [-0.4, -0.2) is 0 Å². The predicted octanol–water partition coefficient (Wildman–Crippen LogP) is 4.92. The van der Waals surface area contributed by atoms with Crippen molar-refractivity contribution in [3.05, 3.63) is 34.9 Å². The lowest BCUT2D eigenvalue weighted by Crippen LogP contribution is -2.32. The van der Waals surface area contributed by atoms with Crippen molar-refractivity contribution in [2.45, 2.75) is 54.9 Å². The third kappa shape index (κ3) is 2.66. The molecule has 16 heavy (non-hydrogen) atoms. The molecule has 0 radical (unpaired) electrons. The molecule has 0 spiro atoms. The largest absolute Gasteiger partial charge is 0.0617 e. The van der Waals surface area contributed by atoms with Crippen LogP contribution in [0.3, 0.4) is 0 Å². The first kappa shape index (κ1) is 13.3. The van der Waals surface area contributed by atoms with E-state index in [1.807, 2.05) is 0 Å². The molecule has 0 aliphatic carbocycles. The second-order valence-corrected chi connectivity index (χ2v) is 6.67. The zero-order valence-electron chi connectivity index (χ0n) is 11.9. The maximum atomic E-state index is 2.37. The number of hydrogen-bond acceptors (Lipinski definition) is 0. The Morgan fingerprint density at radius 2 is 1.50 bits per heavy atom. The minimum Gasteiger partial charge on any atom is -0.0617 e. The Bertz CT molecular complexity index is 364. The van der Waals surface area contributed by atoms with Crippen LogP contribution < -0.4 is 0 Å². The van der Waals surface area contributed by atoms with Crippen molar-refractivity contribution >= 4 is 0 Å². The molecule has 0 heteroatoms. The molecule has 0 heterocycles. The summed E-state index contributed by atoms with van der Waals surface area (Å²) < 4.78 is 0. The van der Waals surface area contributed by atoms with Crippen LogP contribution in [0.4, 0.5) is 0 Å². The molecule has 0 aliphatic heterocycles. The molecule has 0 N–H and O–H groups in total. The summed E-state index contributed by atoms with van der Waals surface area (Å²) in [5.74, 6) is 0. The van der Waals surface area contributed by atoms with E-state index < -0.39 is 0 Å². The van der Waals surface area contributed by atoms with E-state index in [0.717, 1.165) is 6.42 Å². The highest BCUT2D eigenvalue weighted by Crippen LogP contribution is 2.41. The maximum absolute atomic E-state index is 2.37. The normalized spacial score (nSPS) is 12.9. The first-order valence-corrected chi connectivity index (χ1v) is 6.20. The summed E-state index contributed by atoms with van der Waals surface area (Å²) in [5, 5.41) is 0. The molecule has 0 saturated heterocycles. The average molecular weight is 218 g/mol. The molecule has 0 fully saturated rings. The molecule has 0 aromatic heterocycles. The van der Waals surface area contributed by atoms with Crippen molar-refractivity contribution in [2.75, 3.05) is 0 Å². The van der Waals surface area contributed by atoms with E-state index in [0.29, 0.717) is 10.8 Å². The Morgan fingerprint density at radius 3 is 2.00 bits per heavy atom. The molecule has 0 amide bonds. The number of aryl methyl sites for hydroxylation is 1. The van der Waals surface area contributed by atoms with E-state index in [1.165, 1.54) is 16.7 Å². The topological polar surface area (TPSA) is 0 Å². The summed E-state index contributed by atoms with van der Waals surface area (Å²) in [7, 11) is 0. The standard InChI is InChI=1S/C16H26/c1-12-9-8-10-14(13(12)2)11-16(6,7)15(3,4)5/h8-10H,11H2,1-7H3. The van der Waals surface area contributed by atoms with Crippen LogP contribution in [0.15, 0.2) is 18.2 Å². The van der Waals surface area contributed by atoms with Crippen molar-refractivity contribution in [1.82, 2.24) is 0 Å². The molecule has 0 unspecified atom stereocenters. The summed E-state index contributed by atoms with van der Waals surface area (Å²) in [5.41, 5.74) is 5.02. The fourth-order valence-electron chi connectivity index (χ4n) is 1.74. The van der Waals surface area contributed by atoms with E-state index in [9.17, 15) is 0 Å². The van der Waals surface area contributed by atoms with Crippen molar-refractivity contribution in [3.8, 4) is 0 Å². The quantitative estimate of drug-likeness (QED) is 0.661. The molecule has 1 aromatic carbocycles. The van der Waals surface area contributed by atoms with Crippen LogP contribution in [0.25, 0.3) is 0 Å². The monoisotopic (exact) mass is 218 g/mol. The smallest absolute Gasteiger partial charge is 0.0220 e. The van der Waals surface area contributed by atoms with Crippen LogP contribution in [0.1, 0.15) is 51.3 Å². The minimum atomic E-state index is 0.325. The highest BCUT2D eigenvalue weighted by molar-refractivity contribution is 5.33. The lowest BCUT2D eigenvalue weighted by Gasteiger charge is -2.39. The van der Waals surface area contributed by atoms with Gasteiger partial charge in [0.25, 0.3) is 0 Å². The molecule has 0 nitrogen and oxygen atoms in total. The zero-order valence-corrected chi connectivity index (χ0v) is 11.9. The summed E-state index contributed by atoms with van der Waals surface area (Å²) in [4.78, 5) is 0. The summed E-state index contributed by atoms with van der Waals surface area (Å²) in [6, 6.07) is 6.65. The van der Waals surface area contributed by atoms with Crippen LogP contribution in [0, 0.1) is 24.7 Å². The van der Waals surface area contributed by atoms with Gasteiger partial charge in [-0.2, -0.15) is 0 Å². The van der Waals surface area contributed by atoms with E-state index in [-0.39, 0.29) is 0 Å². The van der Waals surface area contributed by atoms with Gasteiger partial charge in [-0.25, -0.2) is 0 Å². The van der Waals surface area contributed by atoms with E-state index in [1.54, 1.807) is 0 Å². The minimum absolute atomic E-state index is 0.325. The van der Waals surface area contributed by atoms with Gasteiger partial charge in [0.05, 0.1) is 0 Å². The van der Waals surface area contributed by atoms with Crippen molar-refractivity contribution in [2.24, 2.45) is 10.8 Å². The number of rotatable bonds is 2. The molecule has 1 rings (SSSR count). The summed E-state index contributed by atoms with van der Waals surface area (Å²) >= 11 is 0. The first-order valence-electron chi connectivity index (χ1n) is 6.20. The Labute approximate surface area is 101 Å². The molecule has 1 aromatic rings. The van der Waals surface area contributed by atoms with Crippen molar-refractivity contribution < 1.29 is 0 Å². The second kappa shape index (κ2) is 4.24. The van der Waals surface area contributed by atoms with Gasteiger partial charge in [0.1, 0.15) is 0 Å². The molecular weight excluding hydrogens is 192 g/mol. The fourth-order valence-corrected chi connectivity index (χ4v) is 1.74. The van der Waals surface area contributed by atoms with Gasteiger partial charge >= 0.3 is 0 Å². The molecule has 0 atom stereocenters. The molecule has 0 aliphatic rings. The molecular formula is C16H26. The van der Waals surface area contributed by atoms with Crippen molar-refractivity contribution in [3.63, 3.8) is 0 Å². The number of hydrogen-bond donors (Lipinski definition) is 0. The highest BCUT2D eigenvalue weighted by atomic mass is 14.4. The summed E-state index contributed by atoms with van der Waals surface area (Å²) in [6.45, 7) is 16.2. The van der Waals surface area contributed by atoms with Gasteiger partial charge in [0, 0.05) is 0 Å². The Kier molecular flexibility index (Phi) is 3.52. The lowest BCUT2D eigenvalue weighted by molar-refractivity contribution is 0.132. The van der Waals surface area contributed by atoms with Crippen LogP contribution in [0.5, 0.6) is 0 Å². The van der Waals surface area contributed by atoms with Gasteiger partial charge in [0.2, 0.25) is 0 Å². The summed E-state index contributed by atoms with van der Waals surface area (Å²) in [6.07, 6.45) is 1.16. The van der Waals surface area contributed by atoms with Gasteiger partial charge in [-0.3, -0.25) is 0 Å². The molecule has 0 bridgehead atoms. The zero-order chi connectivity index (χ0) is 12.6. The molecule has 0 saturated carbocycles. The molecule has 90 valence electrons. The third-order valence-corrected chi connectivity index (χ3v) is 4.38. The Balaban J connectivity index is 3.02. The van der Waals surface area contributed by atoms with Gasteiger partial charge in [-0.05, 0) is 47.8 Å². The highest BCUT2D eigenvalue weighted by Gasteiger charge is 2.32. The number of benzene rings is 1. The fraction of sp³-hybridized carbons (Fsp3) is 0.625. The average Bonchev–Trinajstić information content (AvgIpc) is 2.11. The van der Waals surface area contributed by atoms with Crippen LogP contribution in [0.2, 0.25) is 0 Å². The SMILES string of the molecule is Cc1cccc(CC(C)(C)C(C)(C)C)c1C. The van der Waals surface area contributed by atoms with E-state index >= 15 is 0 Å². The van der Waals surface area contributed by atoms with Gasteiger partial charge < -0.3 is 0 Å². The second-order valence-electron chi connectivity index (χ2n) is 6.67. The van der Waals surface area contributed by atoms with Crippen LogP contribution in [-0.2, 0) is 6.42 Å². The Morgan fingerprint density at radius 1 is 0.938 bits per heavy atom. The van der Waals surface area contributed by atoms with Crippen LogP contribution >= 0.6 is 0 Å². The van der Waals surface area contributed by atoms with Gasteiger partial charge in [0.15, 0.2) is 0 Å². The van der Waals surface area contributed by atoms with Crippen molar-refractivity contribution in [1.29, 1.82) is 0 Å². The van der Waals surface area contributed by atoms with E-state index in [2.05, 4.69) is 66.7 Å².